The minimum Gasteiger partial charge on any atom is -0.508 e. The number of anilines is 1. The monoisotopic (exact) mass is 286 g/mol. The quantitative estimate of drug-likeness (QED) is 0.805. The molecule has 1 aromatic heterocycles. The van der Waals surface area contributed by atoms with Crippen LogP contribution in [0.15, 0.2) is 30.5 Å². The van der Waals surface area contributed by atoms with Gasteiger partial charge in [-0.3, -0.25) is 4.79 Å². The predicted octanol–water partition coefficient (Wildman–Crippen LogP) is 2.85. The molecule has 0 bridgehead atoms. The zero-order chi connectivity index (χ0) is 14.8. The Balaban J connectivity index is 1.79. The summed E-state index contributed by atoms with van der Waals surface area (Å²) in [7, 11) is 0. The molecule has 1 aromatic carbocycles. The van der Waals surface area contributed by atoms with Crippen molar-refractivity contribution in [3.05, 3.63) is 30.5 Å². The summed E-state index contributed by atoms with van der Waals surface area (Å²) in [4.78, 5) is 15.5. The SMILES string of the molecule is O=C(O)C1CCCC1CNc1nccc2ccc(O)cc12. The third-order valence-electron chi connectivity index (χ3n) is 4.26. The molecule has 1 aliphatic rings. The summed E-state index contributed by atoms with van der Waals surface area (Å²) in [6.07, 6.45) is 4.36. The number of phenolic OH excluding ortho intramolecular Hbond substituents is 1. The van der Waals surface area contributed by atoms with Crippen LogP contribution in [0.1, 0.15) is 19.3 Å². The second-order valence-corrected chi connectivity index (χ2v) is 5.58. The van der Waals surface area contributed by atoms with E-state index in [-0.39, 0.29) is 17.6 Å². The van der Waals surface area contributed by atoms with Crippen LogP contribution in [0.2, 0.25) is 0 Å². The molecular formula is C16H18N2O3. The van der Waals surface area contributed by atoms with Gasteiger partial charge in [0.2, 0.25) is 0 Å². The van der Waals surface area contributed by atoms with Crippen molar-refractivity contribution in [1.82, 2.24) is 4.98 Å². The molecule has 1 heterocycles. The second kappa shape index (κ2) is 5.60. The maximum Gasteiger partial charge on any atom is 0.306 e. The molecule has 3 N–H and O–H groups in total. The van der Waals surface area contributed by atoms with Gasteiger partial charge >= 0.3 is 5.97 Å². The molecule has 1 aliphatic carbocycles. The highest BCUT2D eigenvalue weighted by molar-refractivity contribution is 5.92. The Morgan fingerprint density at radius 3 is 3.00 bits per heavy atom. The number of aromatic nitrogens is 1. The average molecular weight is 286 g/mol. The first-order valence-electron chi connectivity index (χ1n) is 7.19. The van der Waals surface area contributed by atoms with Crippen molar-refractivity contribution in [1.29, 1.82) is 0 Å². The number of carboxylic acid groups (broad SMARTS) is 1. The molecule has 2 atom stereocenters. The number of benzene rings is 1. The molecule has 3 rings (SSSR count). The van der Waals surface area contributed by atoms with Crippen molar-refractivity contribution in [2.45, 2.75) is 19.3 Å². The van der Waals surface area contributed by atoms with Crippen LogP contribution in [-0.2, 0) is 4.79 Å². The smallest absolute Gasteiger partial charge is 0.306 e. The number of aromatic hydroxyl groups is 1. The maximum absolute atomic E-state index is 11.2. The Labute approximate surface area is 122 Å². The predicted molar refractivity (Wildman–Crippen MR) is 80.4 cm³/mol. The molecule has 2 unspecified atom stereocenters. The molecule has 0 radical (unpaired) electrons. The van der Waals surface area contributed by atoms with E-state index in [1.54, 1.807) is 18.3 Å². The zero-order valence-corrected chi connectivity index (χ0v) is 11.6. The van der Waals surface area contributed by atoms with Crippen molar-refractivity contribution in [3.63, 3.8) is 0 Å². The van der Waals surface area contributed by atoms with E-state index in [4.69, 9.17) is 0 Å². The summed E-state index contributed by atoms with van der Waals surface area (Å²) >= 11 is 0. The van der Waals surface area contributed by atoms with E-state index in [9.17, 15) is 15.0 Å². The fourth-order valence-corrected chi connectivity index (χ4v) is 3.13. The Morgan fingerprint density at radius 2 is 2.19 bits per heavy atom. The first-order valence-corrected chi connectivity index (χ1v) is 7.19. The largest absolute Gasteiger partial charge is 0.508 e. The molecule has 5 heteroatoms. The molecule has 2 aromatic rings. The van der Waals surface area contributed by atoms with E-state index in [1.165, 1.54) is 0 Å². The Bertz CT molecular complexity index is 672. The minimum absolute atomic E-state index is 0.136. The van der Waals surface area contributed by atoms with Crippen LogP contribution in [0.4, 0.5) is 5.82 Å². The topological polar surface area (TPSA) is 82.5 Å². The second-order valence-electron chi connectivity index (χ2n) is 5.58. The first-order chi connectivity index (χ1) is 10.1. The van der Waals surface area contributed by atoms with Gasteiger partial charge < -0.3 is 15.5 Å². The number of hydrogen-bond donors (Lipinski definition) is 3. The highest BCUT2D eigenvalue weighted by atomic mass is 16.4. The van der Waals surface area contributed by atoms with Gasteiger partial charge in [0.05, 0.1) is 5.92 Å². The van der Waals surface area contributed by atoms with Crippen LogP contribution < -0.4 is 5.32 Å². The van der Waals surface area contributed by atoms with Gasteiger partial charge in [-0.2, -0.15) is 0 Å². The number of nitrogens with zero attached hydrogens (tertiary/aromatic N) is 1. The summed E-state index contributed by atoms with van der Waals surface area (Å²) in [5.74, 6) is 0.0582. The van der Waals surface area contributed by atoms with Crippen LogP contribution in [-0.4, -0.2) is 27.7 Å². The number of carbonyl (C=O) groups is 1. The lowest BCUT2D eigenvalue weighted by Crippen LogP contribution is -2.24. The van der Waals surface area contributed by atoms with Crippen molar-refractivity contribution in [2.75, 3.05) is 11.9 Å². The van der Waals surface area contributed by atoms with Gasteiger partial charge in [0.25, 0.3) is 0 Å². The molecule has 110 valence electrons. The molecule has 5 nitrogen and oxygen atoms in total. The molecule has 1 fully saturated rings. The van der Waals surface area contributed by atoms with E-state index in [2.05, 4.69) is 10.3 Å². The third-order valence-corrected chi connectivity index (χ3v) is 4.26. The molecule has 21 heavy (non-hydrogen) atoms. The molecule has 0 saturated heterocycles. The van der Waals surface area contributed by atoms with Gasteiger partial charge in [0.15, 0.2) is 0 Å². The molecule has 0 aliphatic heterocycles. The van der Waals surface area contributed by atoms with E-state index < -0.39 is 5.97 Å². The van der Waals surface area contributed by atoms with Crippen LogP contribution in [0.25, 0.3) is 10.8 Å². The number of carboxylic acids is 1. The fraction of sp³-hybridized carbons (Fsp3) is 0.375. The van der Waals surface area contributed by atoms with Gasteiger partial charge in [0, 0.05) is 18.1 Å². The lowest BCUT2D eigenvalue weighted by Gasteiger charge is -2.17. The summed E-state index contributed by atoms with van der Waals surface area (Å²) < 4.78 is 0. The highest BCUT2D eigenvalue weighted by Gasteiger charge is 2.32. The van der Waals surface area contributed by atoms with Crippen LogP contribution >= 0.6 is 0 Å². The number of fused-ring (bicyclic) bond motifs is 1. The minimum atomic E-state index is -0.706. The number of aliphatic carboxylic acids is 1. The normalized spacial score (nSPS) is 21.5. The van der Waals surface area contributed by atoms with Crippen molar-refractivity contribution >= 4 is 22.6 Å². The molecular weight excluding hydrogens is 268 g/mol. The summed E-state index contributed by atoms with van der Waals surface area (Å²) in [5, 5.41) is 23.9. The van der Waals surface area contributed by atoms with Crippen molar-refractivity contribution in [2.24, 2.45) is 11.8 Å². The number of pyridine rings is 1. The summed E-state index contributed by atoms with van der Waals surface area (Å²) in [6, 6.07) is 7.04. The van der Waals surface area contributed by atoms with Gasteiger partial charge in [-0.1, -0.05) is 12.5 Å². The lowest BCUT2D eigenvalue weighted by molar-refractivity contribution is -0.142. The van der Waals surface area contributed by atoms with Gasteiger partial charge in [-0.05, 0) is 42.3 Å². The van der Waals surface area contributed by atoms with Crippen LogP contribution in [0.3, 0.4) is 0 Å². The molecule has 0 spiro atoms. The third kappa shape index (κ3) is 2.77. The summed E-state index contributed by atoms with van der Waals surface area (Å²) in [6.45, 7) is 0.596. The van der Waals surface area contributed by atoms with E-state index >= 15 is 0 Å². The summed E-state index contributed by atoms with van der Waals surface area (Å²) in [5.41, 5.74) is 0. The van der Waals surface area contributed by atoms with Crippen LogP contribution in [0, 0.1) is 11.8 Å². The van der Waals surface area contributed by atoms with E-state index in [0.717, 1.165) is 30.0 Å². The van der Waals surface area contributed by atoms with Crippen LogP contribution in [0.5, 0.6) is 5.75 Å². The lowest BCUT2D eigenvalue weighted by atomic mass is 9.96. The zero-order valence-electron chi connectivity index (χ0n) is 11.6. The first kappa shape index (κ1) is 13.7. The number of rotatable bonds is 4. The number of hydrogen-bond acceptors (Lipinski definition) is 4. The average Bonchev–Trinajstić information content (AvgIpc) is 2.93. The fourth-order valence-electron chi connectivity index (χ4n) is 3.13. The van der Waals surface area contributed by atoms with Gasteiger partial charge in [0.1, 0.15) is 11.6 Å². The Morgan fingerprint density at radius 1 is 1.33 bits per heavy atom. The Hall–Kier alpha value is -2.30. The maximum atomic E-state index is 11.2. The molecule has 1 saturated carbocycles. The van der Waals surface area contributed by atoms with E-state index in [0.29, 0.717) is 12.4 Å². The van der Waals surface area contributed by atoms with Crippen molar-refractivity contribution < 1.29 is 15.0 Å². The standard InChI is InChI=1S/C16H18N2O3/c19-12-5-4-10-6-7-17-15(14(10)8-12)18-9-11-2-1-3-13(11)16(20)21/h4-8,11,13,19H,1-3,9H2,(H,17,18)(H,20,21). The highest BCUT2D eigenvalue weighted by Crippen LogP contribution is 2.33. The van der Waals surface area contributed by atoms with E-state index in [1.807, 2.05) is 12.1 Å². The van der Waals surface area contributed by atoms with Crippen molar-refractivity contribution in [3.8, 4) is 5.75 Å². The van der Waals surface area contributed by atoms with Gasteiger partial charge in [-0.15, -0.1) is 0 Å². The van der Waals surface area contributed by atoms with Gasteiger partial charge in [-0.25, -0.2) is 4.98 Å². The molecule has 0 amide bonds. The number of nitrogens with one attached hydrogen (secondary N) is 1. The number of phenols is 1. The Kier molecular flexibility index (Phi) is 3.64.